The van der Waals surface area contributed by atoms with Crippen LogP contribution in [0.15, 0.2) is 54.6 Å². The molecule has 8 nitrogen and oxygen atoms in total. The van der Waals surface area contributed by atoms with E-state index >= 15 is 0 Å². The van der Waals surface area contributed by atoms with Gasteiger partial charge in [-0.2, -0.15) is 0 Å². The average Bonchev–Trinajstić information content (AvgIpc) is 3.37. The van der Waals surface area contributed by atoms with Gasteiger partial charge < -0.3 is 10.1 Å². The summed E-state index contributed by atoms with van der Waals surface area (Å²) in [6, 6.07) is 14.4. The highest BCUT2D eigenvalue weighted by atomic mass is 35.5. The summed E-state index contributed by atoms with van der Waals surface area (Å²) in [6.07, 6.45) is -0.134. The molecule has 0 aliphatic carbocycles. The Morgan fingerprint density at radius 3 is 2.22 bits per heavy atom. The second kappa shape index (κ2) is 10.8. The fourth-order valence-corrected chi connectivity index (χ4v) is 4.88. The highest BCUT2D eigenvalue weighted by molar-refractivity contribution is 7.16. The summed E-state index contributed by atoms with van der Waals surface area (Å²) < 4.78 is 5.10. The molecule has 1 aliphatic heterocycles. The number of carbonyl (C=O) groups excluding carboxylic acids is 5. The lowest BCUT2D eigenvalue weighted by Crippen LogP contribution is -2.28. The van der Waals surface area contributed by atoms with E-state index in [0.29, 0.717) is 26.6 Å². The van der Waals surface area contributed by atoms with Crippen LogP contribution in [-0.2, 0) is 16.1 Å². The molecule has 0 atom stereocenters. The van der Waals surface area contributed by atoms with Crippen molar-refractivity contribution in [3.05, 3.63) is 86.8 Å². The van der Waals surface area contributed by atoms with E-state index in [0.717, 1.165) is 16.2 Å². The van der Waals surface area contributed by atoms with Crippen LogP contribution < -0.4 is 5.32 Å². The summed E-state index contributed by atoms with van der Waals surface area (Å²) in [4.78, 5) is 64.5. The molecule has 3 amide bonds. The Hall–Kier alpha value is -3.82. The van der Waals surface area contributed by atoms with Crippen LogP contribution in [0, 0.1) is 0 Å². The number of imide groups is 1. The first-order valence-electron chi connectivity index (χ1n) is 11.1. The Morgan fingerprint density at radius 1 is 0.972 bits per heavy atom. The minimum atomic E-state index is -0.644. The van der Waals surface area contributed by atoms with Gasteiger partial charge in [-0.15, -0.1) is 11.3 Å². The van der Waals surface area contributed by atoms with Gasteiger partial charge in [-0.05, 0) is 49.4 Å². The number of benzene rings is 2. The molecule has 0 unspecified atom stereocenters. The molecule has 3 aromatic rings. The topological polar surface area (TPSA) is 110 Å². The van der Waals surface area contributed by atoms with Crippen molar-refractivity contribution in [2.45, 2.75) is 26.3 Å². The van der Waals surface area contributed by atoms with E-state index in [1.807, 2.05) is 0 Å². The van der Waals surface area contributed by atoms with Gasteiger partial charge in [-0.1, -0.05) is 23.7 Å². The number of halogens is 1. The summed E-state index contributed by atoms with van der Waals surface area (Å²) in [5.74, 6) is -2.17. The van der Waals surface area contributed by atoms with E-state index in [4.69, 9.17) is 16.3 Å². The zero-order valence-corrected chi connectivity index (χ0v) is 20.8. The number of anilines is 1. The normalized spacial score (nSPS) is 12.4. The van der Waals surface area contributed by atoms with Gasteiger partial charge in [0.1, 0.15) is 5.00 Å². The van der Waals surface area contributed by atoms with Crippen molar-refractivity contribution in [3.8, 4) is 0 Å². The molecular weight excluding hydrogens is 504 g/mol. The summed E-state index contributed by atoms with van der Waals surface area (Å²) in [6.45, 7) is 1.73. The molecule has 10 heteroatoms. The maximum atomic E-state index is 12.7. The van der Waals surface area contributed by atoms with E-state index in [-0.39, 0.29) is 42.3 Å². The third kappa shape index (κ3) is 5.37. The lowest BCUT2D eigenvalue weighted by molar-refractivity contribution is -0.116. The van der Waals surface area contributed by atoms with Gasteiger partial charge in [-0.25, -0.2) is 4.79 Å². The number of hydrogen-bond donors (Lipinski definition) is 1. The van der Waals surface area contributed by atoms with Crippen LogP contribution >= 0.6 is 22.9 Å². The number of ketones is 1. The number of esters is 1. The molecule has 0 spiro atoms. The molecule has 0 saturated heterocycles. The van der Waals surface area contributed by atoms with Gasteiger partial charge in [0.05, 0.1) is 29.8 Å². The third-order valence-corrected chi connectivity index (χ3v) is 6.76. The quantitative estimate of drug-likeness (QED) is 0.240. The summed E-state index contributed by atoms with van der Waals surface area (Å²) in [7, 11) is 0. The summed E-state index contributed by atoms with van der Waals surface area (Å²) in [5.41, 5.74) is 1.21. The van der Waals surface area contributed by atoms with Crippen molar-refractivity contribution in [1.82, 2.24) is 4.90 Å². The monoisotopic (exact) mass is 524 g/mol. The predicted molar refractivity (Wildman–Crippen MR) is 135 cm³/mol. The molecule has 2 aromatic carbocycles. The highest BCUT2D eigenvalue weighted by Gasteiger charge is 2.35. The maximum Gasteiger partial charge on any atom is 0.341 e. The number of ether oxygens (including phenoxy) is 1. The van der Waals surface area contributed by atoms with Crippen LogP contribution in [0.5, 0.6) is 0 Å². The van der Waals surface area contributed by atoms with Gasteiger partial charge in [0.15, 0.2) is 5.78 Å². The van der Waals surface area contributed by atoms with Crippen molar-refractivity contribution < 1.29 is 28.7 Å². The minimum absolute atomic E-state index is 0.0323. The van der Waals surface area contributed by atoms with Crippen LogP contribution in [0.2, 0.25) is 5.02 Å². The Labute approximate surface area is 215 Å². The van der Waals surface area contributed by atoms with E-state index < -0.39 is 23.7 Å². The van der Waals surface area contributed by atoms with Crippen LogP contribution in [-0.4, -0.2) is 41.0 Å². The molecule has 0 bridgehead atoms. The van der Waals surface area contributed by atoms with E-state index in [1.165, 1.54) is 6.07 Å². The number of fused-ring (bicyclic) bond motifs is 1. The van der Waals surface area contributed by atoms with Crippen molar-refractivity contribution in [1.29, 1.82) is 0 Å². The van der Waals surface area contributed by atoms with Crippen LogP contribution in [0.25, 0.3) is 0 Å². The standard InChI is InChI=1S/C26H21ClN2O6S/c1-2-35-26(34)20-13-17(14-29-24(32)18-5-3-4-6-19(18)25(29)33)36-23(20)28-22(31)12-11-21(30)15-7-9-16(27)10-8-15/h3-10,13H,2,11-12,14H2,1H3,(H,28,31). The number of amides is 3. The van der Waals surface area contributed by atoms with Crippen LogP contribution in [0.4, 0.5) is 5.00 Å². The number of rotatable bonds is 9. The average molecular weight is 525 g/mol. The Balaban J connectivity index is 1.47. The largest absolute Gasteiger partial charge is 0.462 e. The van der Waals surface area contributed by atoms with Crippen molar-refractivity contribution in [3.63, 3.8) is 0 Å². The summed E-state index contributed by atoms with van der Waals surface area (Å²) >= 11 is 6.90. The Kier molecular flexibility index (Phi) is 7.61. The van der Waals surface area contributed by atoms with Gasteiger partial charge in [-0.3, -0.25) is 24.1 Å². The fourth-order valence-electron chi connectivity index (χ4n) is 3.71. The molecule has 4 rings (SSSR count). The van der Waals surface area contributed by atoms with Gasteiger partial charge in [0, 0.05) is 28.3 Å². The molecule has 1 aliphatic rings. The van der Waals surface area contributed by atoms with Crippen molar-refractivity contribution in [2.24, 2.45) is 0 Å². The fraction of sp³-hybridized carbons (Fsp3) is 0.192. The van der Waals surface area contributed by atoms with Crippen LogP contribution in [0.1, 0.15) is 66.1 Å². The molecule has 184 valence electrons. The first kappa shape index (κ1) is 25.3. The molecule has 36 heavy (non-hydrogen) atoms. The van der Waals surface area contributed by atoms with E-state index in [9.17, 15) is 24.0 Å². The zero-order chi connectivity index (χ0) is 25.8. The molecule has 2 heterocycles. The number of hydrogen-bond acceptors (Lipinski definition) is 7. The molecule has 1 aromatic heterocycles. The molecule has 0 radical (unpaired) electrons. The SMILES string of the molecule is CCOC(=O)c1cc(CN2C(=O)c3ccccc3C2=O)sc1NC(=O)CCC(=O)c1ccc(Cl)cc1. The number of nitrogens with zero attached hydrogens (tertiary/aromatic N) is 1. The third-order valence-electron chi connectivity index (χ3n) is 5.47. The van der Waals surface area contributed by atoms with Crippen molar-refractivity contribution >= 4 is 57.4 Å². The number of thiophene rings is 1. The number of carbonyl (C=O) groups is 5. The Morgan fingerprint density at radius 2 is 1.61 bits per heavy atom. The second-order valence-electron chi connectivity index (χ2n) is 7.90. The number of Topliss-reactive ketones (excluding diaryl/α,β-unsaturated/α-hetero) is 1. The van der Waals surface area contributed by atoms with Crippen LogP contribution in [0.3, 0.4) is 0 Å². The molecular formula is C26H21ClN2O6S. The molecule has 0 saturated carbocycles. The molecule has 0 fully saturated rings. The highest BCUT2D eigenvalue weighted by Crippen LogP contribution is 2.32. The van der Waals surface area contributed by atoms with Gasteiger partial charge in [0.25, 0.3) is 11.8 Å². The predicted octanol–water partition coefficient (Wildman–Crippen LogP) is 4.98. The number of nitrogens with one attached hydrogen (secondary N) is 1. The lowest BCUT2D eigenvalue weighted by atomic mass is 10.1. The summed E-state index contributed by atoms with van der Waals surface area (Å²) in [5, 5.41) is 3.40. The van der Waals surface area contributed by atoms with E-state index in [2.05, 4.69) is 5.32 Å². The lowest BCUT2D eigenvalue weighted by Gasteiger charge is -2.12. The van der Waals surface area contributed by atoms with E-state index in [1.54, 1.807) is 55.5 Å². The van der Waals surface area contributed by atoms with Gasteiger partial charge in [0.2, 0.25) is 5.91 Å². The second-order valence-corrected chi connectivity index (χ2v) is 9.47. The maximum absolute atomic E-state index is 12.7. The van der Waals surface area contributed by atoms with Gasteiger partial charge >= 0.3 is 5.97 Å². The zero-order valence-electron chi connectivity index (χ0n) is 19.2. The minimum Gasteiger partial charge on any atom is -0.462 e. The molecule has 1 N–H and O–H groups in total. The first-order valence-corrected chi connectivity index (χ1v) is 12.3. The Bertz CT molecular complexity index is 1330. The smallest absolute Gasteiger partial charge is 0.341 e. The first-order chi connectivity index (χ1) is 17.3. The van der Waals surface area contributed by atoms with Crippen molar-refractivity contribution in [2.75, 3.05) is 11.9 Å².